The first-order valence-corrected chi connectivity index (χ1v) is 6.01. The quantitative estimate of drug-likeness (QED) is 0.797. The SMILES string of the molecule is C=C(Cl)CNS(=O)(=O)c1nnc(N)s1. The number of nitrogens with two attached hydrogens (primary N) is 1. The van der Waals surface area contributed by atoms with Crippen molar-refractivity contribution in [1.82, 2.24) is 14.9 Å². The minimum atomic E-state index is -3.66. The zero-order chi connectivity index (χ0) is 10.8. The maximum Gasteiger partial charge on any atom is 0.270 e. The Morgan fingerprint density at radius 2 is 2.29 bits per heavy atom. The third-order valence-corrected chi connectivity index (χ3v) is 3.76. The molecule has 0 unspecified atom stereocenters. The van der Waals surface area contributed by atoms with Gasteiger partial charge in [-0.25, -0.2) is 13.1 Å². The van der Waals surface area contributed by atoms with Crippen LogP contribution in [0.5, 0.6) is 0 Å². The summed E-state index contributed by atoms with van der Waals surface area (Å²) >= 11 is 6.18. The number of sulfonamides is 1. The van der Waals surface area contributed by atoms with E-state index >= 15 is 0 Å². The van der Waals surface area contributed by atoms with Crippen molar-refractivity contribution in [2.75, 3.05) is 12.3 Å². The number of hydrogen-bond donors (Lipinski definition) is 2. The Kier molecular flexibility index (Phi) is 3.43. The van der Waals surface area contributed by atoms with Crippen molar-refractivity contribution < 1.29 is 8.42 Å². The molecule has 3 N–H and O–H groups in total. The molecule has 0 atom stereocenters. The Morgan fingerprint density at radius 3 is 2.71 bits per heavy atom. The Labute approximate surface area is 89.8 Å². The van der Waals surface area contributed by atoms with Gasteiger partial charge in [0.25, 0.3) is 10.0 Å². The second kappa shape index (κ2) is 4.22. The summed E-state index contributed by atoms with van der Waals surface area (Å²) in [6, 6.07) is 0. The lowest BCUT2D eigenvalue weighted by atomic mass is 10.7. The van der Waals surface area contributed by atoms with Gasteiger partial charge in [-0.15, -0.1) is 10.2 Å². The van der Waals surface area contributed by atoms with Crippen LogP contribution >= 0.6 is 22.9 Å². The predicted octanol–water partition coefficient (Wildman–Crippen LogP) is 0.151. The lowest BCUT2D eigenvalue weighted by Crippen LogP contribution is -2.24. The summed E-state index contributed by atoms with van der Waals surface area (Å²) in [7, 11) is -3.66. The van der Waals surface area contributed by atoms with Gasteiger partial charge in [-0.3, -0.25) is 0 Å². The van der Waals surface area contributed by atoms with E-state index in [4.69, 9.17) is 17.3 Å². The molecule has 6 nitrogen and oxygen atoms in total. The Hall–Kier alpha value is -0.700. The van der Waals surface area contributed by atoms with Gasteiger partial charge < -0.3 is 5.73 Å². The third-order valence-electron chi connectivity index (χ3n) is 1.11. The number of hydrogen-bond acceptors (Lipinski definition) is 6. The summed E-state index contributed by atoms with van der Waals surface area (Å²) in [6.45, 7) is 3.29. The van der Waals surface area contributed by atoms with Crippen molar-refractivity contribution in [2.24, 2.45) is 0 Å². The van der Waals surface area contributed by atoms with Gasteiger partial charge in [0.05, 0.1) is 0 Å². The summed E-state index contributed by atoms with van der Waals surface area (Å²) < 4.78 is 24.8. The molecule has 0 aliphatic carbocycles. The van der Waals surface area contributed by atoms with Gasteiger partial charge in [-0.2, -0.15) is 0 Å². The van der Waals surface area contributed by atoms with Gasteiger partial charge in [0, 0.05) is 11.6 Å². The minimum absolute atomic E-state index is 0.0522. The van der Waals surface area contributed by atoms with Crippen LogP contribution in [-0.2, 0) is 10.0 Å². The van der Waals surface area contributed by atoms with Crippen LogP contribution < -0.4 is 10.5 Å². The molecule has 0 spiro atoms. The number of nitrogens with zero attached hydrogens (tertiary/aromatic N) is 2. The maximum absolute atomic E-state index is 11.4. The Morgan fingerprint density at radius 1 is 1.64 bits per heavy atom. The molecule has 0 fully saturated rings. The molecule has 0 aliphatic heterocycles. The van der Waals surface area contributed by atoms with Crippen molar-refractivity contribution in [3.05, 3.63) is 11.6 Å². The summed E-state index contributed by atoms with van der Waals surface area (Å²) in [5, 5.41) is 7.05. The van der Waals surface area contributed by atoms with Crippen LogP contribution in [0.25, 0.3) is 0 Å². The molecule has 0 radical (unpaired) electrons. The molecule has 78 valence electrons. The fourth-order valence-corrected chi connectivity index (χ4v) is 2.56. The van der Waals surface area contributed by atoms with E-state index in [1.165, 1.54) is 0 Å². The zero-order valence-electron chi connectivity index (χ0n) is 6.90. The van der Waals surface area contributed by atoms with E-state index in [2.05, 4.69) is 21.5 Å². The minimum Gasteiger partial charge on any atom is -0.374 e. The molecule has 1 rings (SSSR count). The number of rotatable bonds is 4. The van der Waals surface area contributed by atoms with Crippen LogP contribution in [0, 0.1) is 0 Å². The molecule has 0 saturated heterocycles. The summed E-state index contributed by atoms with van der Waals surface area (Å²) in [6.07, 6.45) is 0. The zero-order valence-corrected chi connectivity index (χ0v) is 9.29. The molecule has 0 aliphatic rings. The second-order valence-electron chi connectivity index (χ2n) is 2.25. The van der Waals surface area contributed by atoms with Crippen LogP contribution in [0.4, 0.5) is 5.13 Å². The molecule has 0 amide bonds. The van der Waals surface area contributed by atoms with E-state index in [1.54, 1.807) is 0 Å². The average Bonchev–Trinajstić information content (AvgIpc) is 2.49. The van der Waals surface area contributed by atoms with Gasteiger partial charge in [-0.05, 0) is 0 Å². The maximum atomic E-state index is 11.4. The Bertz CT molecular complexity index is 440. The third kappa shape index (κ3) is 2.91. The summed E-state index contributed by atoms with van der Waals surface area (Å²) in [5.74, 6) is 0. The number of nitrogens with one attached hydrogen (secondary N) is 1. The highest BCUT2D eigenvalue weighted by Crippen LogP contribution is 2.16. The molecule has 1 aromatic rings. The van der Waals surface area contributed by atoms with Gasteiger partial charge in [0.1, 0.15) is 0 Å². The van der Waals surface area contributed by atoms with Crippen molar-refractivity contribution in [3.8, 4) is 0 Å². The van der Waals surface area contributed by atoms with Gasteiger partial charge in [0.15, 0.2) is 0 Å². The fourth-order valence-electron chi connectivity index (χ4n) is 0.564. The van der Waals surface area contributed by atoms with Crippen LogP contribution in [0.2, 0.25) is 0 Å². The summed E-state index contributed by atoms with van der Waals surface area (Å²) in [5.41, 5.74) is 5.24. The van der Waals surface area contributed by atoms with E-state index in [0.717, 1.165) is 11.3 Å². The van der Waals surface area contributed by atoms with Crippen LogP contribution in [0.3, 0.4) is 0 Å². The van der Waals surface area contributed by atoms with E-state index in [-0.39, 0.29) is 21.0 Å². The van der Waals surface area contributed by atoms with Crippen molar-refractivity contribution in [2.45, 2.75) is 4.34 Å². The first-order valence-electron chi connectivity index (χ1n) is 3.34. The molecule has 0 aromatic carbocycles. The molecule has 1 heterocycles. The second-order valence-corrected chi connectivity index (χ2v) is 5.73. The highest BCUT2D eigenvalue weighted by atomic mass is 35.5. The molecule has 1 aromatic heterocycles. The molecule has 0 bridgehead atoms. The van der Waals surface area contributed by atoms with Crippen molar-refractivity contribution in [3.63, 3.8) is 0 Å². The molecular formula is C5H7ClN4O2S2. The van der Waals surface area contributed by atoms with Crippen molar-refractivity contribution in [1.29, 1.82) is 0 Å². The van der Waals surface area contributed by atoms with Crippen molar-refractivity contribution >= 4 is 38.1 Å². The average molecular weight is 255 g/mol. The monoisotopic (exact) mass is 254 g/mol. The summed E-state index contributed by atoms with van der Waals surface area (Å²) in [4.78, 5) is 0. The predicted molar refractivity (Wildman–Crippen MR) is 54.5 cm³/mol. The number of halogens is 1. The van der Waals surface area contributed by atoms with Crippen LogP contribution in [-0.4, -0.2) is 25.2 Å². The lowest BCUT2D eigenvalue weighted by Gasteiger charge is -2.00. The van der Waals surface area contributed by atoms with Crippen LogP contribution in [0.15, 0.2) is 16.0 Å². The smallest absolute Gasteiger partial charge is 0.270 e. The molecular weight excluding hydrogens is 248 g/mol. The van der Waals surface area contributed by atoms with Gasteiger partial charge in [-0.1, -0.05) is 29.5 Å². The highest BCUT2D eigenvalue weighted by molar-refractivity contribution is 7.91. The number of nitrogen functional groups attached to an aromatic ring is 1. The fraction of sp³-hybridized carbons (Fsp3) is 0.200. The van der Waals surface area contributed by atoms with Crippen LogP contribution in [0.1, 0.15) is 0 Å². The normalized spacial score (nSPS) is 11.5. The Balaban J connectivity index is 2.81. The van der Waals surface area contributed by atoms with Gasteiger partial charge in [0.2, 0.25) is 9.47 Å². The van der Waals surface area contributed by atoms with Gasteiger partial charge >= 0.3 is 0 Å². The van der Waals surface area contributed by atoms with E-state index in [1.807, 2.05) is 0 Å². The van der Waals surface area contributed by atoms with E-state index < -0.39 is 10.0 Å². The lowest BCUT2D eigenvalue weighted by molar-refractivity contribution is 0.583. The van der Waals surface area contributed by atoms with E-state index in [9.17, 15) is 8.42 Å². The first-order chi connectivity index (χ1) is 6.42. The highest BCUT2D eigenvalue weighted by Gasteiger charge is 2.18. The largest absolute Gasteiger partial charge is 0.374 e. The molecule has 0 saturated carbocycles. The standard InChI is InChI=1S/C5H7ClN4O2S2/c1-3(6)2-8-14(11,12)5-10-9-4(7)13-5/h8H,1-2H2,(H2,7,9). The van der Waals surface area contributed by atoms with E-state index in [0.29, 0.717) is 0 Å². The number of aromatic nitrogens is 2. The number of anilines is 1. The molecule has 9 heteroatoms. The topological polar surface area (TPSA) is 98.0 Å². The first kappa shape index (κ1) is 11.4. The molecule has 14 heavy (non-hydrogen) atoms.